The first-order chi connectivity index (χ1) is 8.49. The van der Waals surface area contributed by atoms with Gasteiger partial charge in [-0.15, -0.1) is 0 Å². The van der Waals surface area contributed by atoms with Crippen LogP contribution in [-0.2, 0) is 4.74 Å². The quantitative estimate of drug-likeness (QED) is 0.659. The molecule has 100 valence electrons. The van der Waals surface area contributed by atoms with Crippen LogP contribution in [0.1, 0.15) is 42.7 Å². The topological polar surface area (TPSA) is 64.1 Å². The van der Waals surface area contributed by atoms with Crippen LogP contribution in [0.2, 0.25) is 5.28 Å². The average molecular weight is 272 g/mol. The van der Waals surface area contributed by atoms with E-state index in [2.05, 4.69) is 22.2 Å². The number of rotatable bonds is 5. The normalized spacial score (nSPS) is 12.1. The Morgan fingerprint density at radius 3 is 2.72 bits per heavy atom. The zero-order valence-corrected chi connectivity index (χ0v) is 11.8. The summed E-state index contributed by atoms with van der Waals surface area (Å²) >= 11 is 5.82. The number of methoxy groups -OCH3 is 1. The van der Waals surface area contributed by atoms with Crippen molar-refractivity contribution in [3.63, 3.8) is 0 Å². The summed E-state index contributed by atoms with van der Waals surface area (Å²) in [7, 11) is 1.33. The number of esters is 1. The highest BCUT2D eigenvalue weighted by atomic mass is 35.5. The SMILES string of the molecule is CCCC(C)Nc1nc(Cl)nc(C)c1C(=O)OC. The molecule has 0 aliphatic rings. The minimum atomic E-state index is -0.463. The van der Waals surface area contributed by atoms with E-state index < -0.39 is 5.97 Å². The van der Waals surface area contributed by atoms with Gasteiger partial charge in [-0.3, -0.25) is 0 Å². The average Bonchev–Trinajstić information content (AvgIpc) is 2.27. The Hall–Kier alpha value is -1.36. The zero-order valence-electron chi connectivity index (χ0n) is 11.1. The number of halogens is 1. The molecule has 0 saturated carbocycles. The Labute approximate surface area is 112 Å². The van der Waals surface area contributed by atoms with Gasteiger partial charge >= 0.3 is 5.97 Å². The van der Waals surface area contributed by atoms with Gasteiger partial charge in [0.1, 0.15) is 11.4 Å². The first-order valence-corrected chi connectivity index (χ1v) is 6.26. The Morgan fingerprint density at radius 2 is 2.17 bits per heavy atom. The fourth-order valence-corrected chi connectivity index (χ4v) is 1.94. The Morgan fingerprint density at radius 1 is 1.50 bits per heavy atom. The first-order valence-electron chi connectivity index (χ1n) is 5.88. The summed E-state index contributed by atoms with van der Waals surface area (Å²) in [5, 5.41) is 3.29. The lowest BCUT2D eigenvalue weighted by molar-refractivity contribution is 0.0600. The minimum Gasteiger partial charge on any atom is -0.465 e. The van der Waals surface area contributed by atoms with Crippen molar-refractivity contribution in [2.24, 2.45) is 0 Å². The molecule has 1 atom stereocenters. The standard InChI is InChI=1S/C12H18ClN3O2/c1-5-6-7(2)14-10-9(11(17)18-4)8(3)15-12(13)16-10/h7H,5-6H2,1-4H3,(H,14,15,16). The van der Waals surface area contributed by atoms with E-state index in [0.29, 0.717) is 17.1 Å². The molecule has 0 bridgehead atoms. The van der Waals surface area contributed by atoms with Crippen LogP contribution in [0, 0.1) is 6.92 Å². The molecule has 0 spiro atoms. The molecule has 1 aromatic heterocycles. The molecule has 0 saturated heterocycles. The number of carbonyl (C=O) groups is 1. The molecule has 0 radical (unpaired) electrons. The van der Waals surface area contributed by atoms with Crippen LogP contribution >= 0.6 is 11.6 Å². The van der Waals surface area contributed by atoms with Crippen LogP contribution in [0.25, 0.3) is 0 Å². The largest absolute Gasteiger partial charge is 0.465 e. The third-order valence-corrected chi connectivity index (χ3v) is 2.73. The maximum absolute atomic E-state index is 11.7. The molecule has 1 aromatic rings. The highest BCUT2D eigenvalue weighted by Gasteiger charge is 2.19. The summed E-state index contributed by atoms with van der Waals surface area (Å²) in [6.45, 7) is 5.82. The monoisotopic (exact) mass is 271 g/mol. The second kappa shape index (κ2) is 6.54. The van der Waals surface area contributed by atoms with Gasteiger partial charge in [0.2, 0.25) is 5.28 Å². The second-order valence-electron chi connectivity index (χ2n) is 4.13. The van der Waals surface area contributed by atoms with Gasteiger partial charge in [0.25, 0.3) is 0 Å². The Bertz CT molecular complexity index is 438. The van der Waals surface area contributed by atoms with Crippen molar-refractivity contribution in [2.75, 3.05) is 12.4 Å². The van der Waals surface area contributed by atoms with Gasteiger partial charge in [0.15, 0.2) is 0 Å². The molecule has 18 heavy (non-hydrogen) atoms. The number of aromatic nitrogens is 2. The van der Waals surface area contributed by atoms with Gasteiger partial charge in [-0.2, -0.15) is 4.98 Å². The summed E-state index contributed by atoms with van der Waals surface area (Å²) < 4.78 is 4.74. The van der Waals surface area contributed by atoms with Crippen molar-refractivity contribution in [2.45, 2.75) is 39.7 Å². The molecule has 0 aromatic carbocycles. The fraction of sp³-hybridized carbons (Fsp3) is 0.583. The predicted octanol–water partition coefficient (Wildman–Crippen LogP) is 2.83. The van der Waals surface area contributed by atoms with E-state index in [9.17, 15) is 4.79 Å². The molecule has 1 heterocycles. The molecular weight excluding hydrogens is 254 g/mol. The van der Waals surface area contributed by atoms with Crippen molar-refractivity contribution in [3.05, 3.63) is 16.5 Å². The van der Waals surface area contributed by atoms with E-state index in [0.717, 1.165) is 12.8 Å². The van der Waals surface area contributed by atoms with E-state index in [1.165, 1.54) is 7.11 Å². The lowest BCUT2D eigenvalue weighted by atomic mass is 10.1. The molecular formula is C12H18ClN3O2. The van der Waals surface area contributed by atoms with Crippen molar-refractivity contribution in [1.29, 1.82) is 0 Å². The van der Waals surface area contributed by atoms with E-state index in [1.54, 1.807) is 6.92 Å². The third kappa shape index (κ3) is 3.57. The molecule has 1 unspecified atom stereocenters. The van der Waals surface area contributed by atoms with Gasteiger partial charge in [-0.1, -0.05) is 13.3 Å². The highest BCUT2D eigenvalue weighted by Crippen LogP contribution is 2.20. The van der Waals surface area contributed by atoms with E-state index in [-0.39, 0.29) is 11.3 Å². The van der Waals surface area contributed by atoms with Crippen molar-refractivity contribution in [3.8, 4) is 0 Å². The Kier molecular flexibility index (Phi) is 5.34. The molecule has 6 heteroatoms. The molecule has 0 aliphatic heterocycles. The summed E-state index contributed by atoms with van der Waals surface area (Å²) in [6, 6.07) is 0.198. The van der Waals surface area contributed by atoms with Gasteiger partial charge in [-0.05, 0) is 31.9 Å². The zero-order chi connectivity index (χ0) is 13.7. The molecule has 0 aliphatic carbocycles. The maximum Gasteiger partial charge on any atom is 0.343 e. The minimum absolute atomic E-state index is 0.117. The highest BCUT2D eigenvalue weighted by molar-refractivity contribution is 6.28. The second-order valence-corrected chi connectivity index (χ2v) is 4.47. The summed E-state index contributed by atoms with van der Waals surface area (Å²) in [6.07, 6.45) is 2.01. The summed E-state index contributed by atoms with van der Waals surface area (Å²) in [5.74, 6) is -0.0318. The lowest BCUT2D eigenvalue weighted by Crippen LogP contribution is -2.20. The number of anilines is 1. The van der Waals surface area contributed by atoms with Crippen molar-refractivity contribution < 1.29 is 9.53 Å². The Balaban J connectivity index is 3.11. The molecule has 0 amide bonds. The molecule has 1 N–H and O–H groups in total. The lowest BCUT2D eigenvalue weighted by Gasteiger charge is -2.16. The summed E-state index contributed by atoms with van der Waals surface area (Å²) in [5.41, 5.74) is 0.845. The first kappa shape index (κ1) is 14.7. The maximum atomic E-state index is 11.7. The number of nitrogens with one attached hydrogen (secondary N) is 1. The van der Waals surface area contributed by atoms with E-state index in [1.807, 2.05) is 6.92 Å². The predicted molar refractivity (Wildman–Crippen MR) is 71.1 cm³/mol. The number of aryl methyl sites for hydroxylation is 1. The van der Waals surface area contributed by atoms with Gasteiger partial charge in [0, 0.05) is 6.04 Å². The van der Waals surface area contributed by atoms with Crippen LogP contribution in [0.15, 0.2) is 0 Å². The van der Waals surface area contributed by atoms with Gasteiger partial charge < -0.3 is 10.1 Å². The number of carbonyl (C=O) groups excluding carboxylic acids is 1. The van der Waals surface area contributed by atoms with E-state index >= 15 is 0 Å². The summed E-state index contributed by atoms with van der Waals surface area (Å²) in [4.78, 5) is 19.8. The number of hydrogen-bond acceptors (Lipinski definition) is 5. The molecule has 0 fully saturated rings. The van der Waals surface area contributed by atoms with Crippen LogP contribution in [0.3, 0.4) is 0 Å². The van der Waals surface area contributed by atoms with Gasteiger partial charge in [-0.25, -0.2) is 9.78 Å². The number of ether oxygens (including phenoxy) is 1. The van der Waals surface area contributed by atoms with Crippen LogP contribution in [0.4, 0.5) is 5.82 Å². The number of hydrogen-bond donors (Lipinski definition) is 1. The van der Waals surface area contributed by atoms with Crippen LogP contribution in [0.5, 0.6) is 0 Å². The fourth-order valence-electron chi connectivity index (χ4n) is 1.73. The molecule has 5 nitrogen and oxygen atoms in total. The van der Waals surface area contributed by atoms with Crippen molar-refractivity contribution >= 4 is 23.4 Å². The van der Waals surface area contributed by atoms with Crippen LogP contribution in [-0.4, -0.2) is 29.1 Å². The van der Waals surface area contributed by atoms with E-state index in [4.69, 9.17) is 16.3 Å². The van der Waals surface area contributed by atoms with Crippen molar-refractivity contribution in [1.82, 2.24) is 9.97 Å². The van der Waals surface area contributed by atoms with Crippen LogP contribution < -0.4 is 5.32 Å². The smallest absolute Gasteiger partial charge is 0.343 e. The number of nitrogens with zero attached hydrogens (tertiary/aromatic N) is 2. The molecule has 1 rings (SSSR count). The van der Waals surface area contributed by atoms with Gasteiger partial charge in [0.05, 0.1) is 12.8 Å². The third-order valence-electron chi connectivity index (χ3n) is 2.56.